The highest BCUT2D eigenvalue weighted by Gasteiger charge is 2.22. The number of benzene rings is 1. The Morgan fingerprint density at radius 3 is 2.67 bits per heavy atom. The van der Waals surface area contributed by atoms with Crippen molar-refractivity contribution in [3.8, 4) is 0 Å². The van der Waals surface area contributed by atoms with Gasteiger partial charge in [-0.05, 0) is 49.8 Å². The largest absolute Gasteiger partial charge is 0.381 e. The minimum absolute atomic E-state index is 0.756. The quantitative estimate of drug-likeness (QED) is 0.850. The zero-order valence-corrected chi connectivity index (χ0v) is 13.5. The third-order valence-corrected chi connectivity index (χ3v) is 5.06. The Morgan fingerprint density at radius 1 is 1.14 bits per heavy atom. The molecule has 3 nitrogen and oxygen atoms in total. The van der Waals surface area contributed by atoms with Gasteiger partial charge in [0.05, 0.1) is 6.61 Å². The van der Waals surface area contributed by atoms with E-state index in [1.165, 1.54) is 49.3 Å². The van der Waals surface area contributed by atoms with Crippen LogP contribution in [0.25, 0.3) is 0 Å². The fraction of sp³-hybridized carbons (Fsp3) is 0.667. The SMILES string of the molecule is Cc1cccc(N2CCN(CC3CCCOC3)CC2)c1C. The first-order valence-electron chi connectivity index (χ1n) is 8.35. The van der Waals surface area contributed by atoms with Gasteiger partial charge in [-0.25, -0.2) is 0 Å². The van der Waals surface area contributed by atoms with E-state index in [1.54, 1.807) is 0 Å². The summed E-state index contributed by atoms with van der Waals surface area (Å²) in [5, 5.41) is 0. The molecule has 21 heavy (non-hydrogen) atoms. The van der Waals surface area contributed by atoms with Gasteiger partial charge in [-0.15, -0.1) is 0 Å². The summed E-state index contributed by atoms with van der Waals surface area (Å²) in [6.07, 6.45) is 2.59. The summed E-state index contributed by atoms with van der Waals surface area (Å²) in [5.41, 5.74) is 4.26. The first-order valence-corrected chi connectivity index (χ1v) is 8.35. The average molecular weight is 288 g/mol. The van der Waals surface area contributed by atoms with E-state index in [2.05, 4.69) is 41.8 Å². The maximum absolute atomic E-state index is 5.61. The van der Waals surface area contributed by atoms with Crippen LogP contribution < -0.4 is 4.90 Å². The second kappa shape index (κ2) is 6.80. The molecule has 2 saturated heterocycles. The maximum atomic E-state index is 5.61. The summed E-state index contributed by atoms with van der Waals surface area (Å²) < 4.78 is 5.61. The number of anilines is 1. The van der Waals surface area contributed by atoms with Crippen molar-refractivity contribution in [3.05, 3.63) is 29.3 Å². The molecule has 0 aliphatic carbocycles. The molecule has 2 heterocycles. The van der Waals surface area contributed by atoms with Gasteiger partial charge >= 0.3 is 0 Å². The normalized spacial score (nSPS) is 24.3. The summed E-state index contributed by atoms with van der Waals surface area (Å²) in [5.74, 6) is 0.756. The van der Waals surface area contributed by atoms with E-state index < -0.39 is 0 Å². The first kappa shape index (κ1) is 14.9. The van der Waals surface area contributed by atoms with Crippen molar-refractivity contribution in [3.63, 3.8) is 0 Å². The van der Waals surface area contributed by atoms with Gasteiger partial charge in [0.25, 0.3) is 0 Å². The fourth-order valence-corrected chi connectivity index (χ4v) is 3.57. The Labute approximate surface area is 128 Å². The van der Waals surface area contributed by atoms with Crippen LogP contribution in [0.5, 0.6) is 0 Å². The van der Waals surface area contributed by atoms with Crippen LogP contribution in [0, 0.1) is 19.8 Å². The van der Waals surface area contributed by atoms with Crippen molar-refractivity contribution in [1.29, 1.82) is 0 Å². The van der Waals surface area contributed by atoms with E-state index in [0.29, 0.717) is 0 Å². The van der Waals surface area contributed by atoms with Crippen LogP contribution in [-0.4, -0.2) is 50.8 Å². The van der Waals surface area contributed by atoms with Gasteiger partial charge in [-0.2, -0.15) is 0 Å². The summed E-state index contributed by atoms with van der Waals surface area (Å²) in [6, 6.07) is 6.66. The monoisotopic (exact) mass is 288 g/mol. The molecular weight excluding hydrogens is 260 g/mol. The number of nitrogens with zero attached hydrogens (tertiary/aromatic N) is 2. The lowest BCUT2D eigenvalue weighted by atomic mass is 10.0. The van der Waals surface area contributed by atoms with Crippen molar-refractivity contribution in [2.45, 2.75) is 26.7 Å². The molecule has 2 aliphatic heterocycles. The third-order valence-electron chi connectivity index (χ3n) is 5.06. The first-order chi connectivity index (χ1) is 10.2. The van der Waals surface area contributed by atoms with E-state index >= 15 is 0 Å². The summed E-state index contributed by atoms with van der Waals surface area (Å²) in [7, 11) is 0. The molecule has 1 unspecified atom stereocenters. The molecule has 2 fully saturated rings. The summed E-state index contributed by atoms with van der Waals surface area (Å²) in [4.78, 5) is 5.18. The van der Waals surface area contributed by atoms with Crippen LogP contribution >= 0.6 is 0 Å². The van der Waals surface area contributed by atoms with Gasteiger partial charge in [-0.3, -0.25) is 4.90 Å². The molecule has 3 rings (SSSR count). The molecule has 0 N–H and O–H groups in total. The Kier molecular flexibility index (Phi) is 4.81. The highest BCUT2D eigenvalue weighted by atomic mass is 16.5. The second-order valence-electron chi connectivity index (χ2n) is 6.59. The van der Waals surface area contributed by atoms with Gasteiger partial charge in [-0.1, -0.05) is 12.1 Å². The summed E-state index contributed by atoms with van der Waals surface area (Å²) >= 11 is 0. The Hall–Kier alpha value is -1.06. The molecule has 1 aromatic carbocycles. The van der Waals surface area contributed by atoms with Crippen LogP contribution in [-0.2, 0) is 4.74 Å². The van der Waals surface area contributed by atoms with E-state index in [9.17, 15) is 0 Å². The summed E-state index contributed by atoms with van der Waals surface area (Å²) in [6.45, 7) is 12.3. The van der Waals surface area contributed by atoms with Gasteiger partial charge in [0, 0.05) is 45.0 Å². The topological polar surface area (TPSA) is 15.7 Å². The van der Waals surface area contributed by atoms with Crippen LogP contribution in [0.2, 0.25) is 0 Å². The fourth-order valence-electron chi connectivity index (χ4n) is 3.57. The van der Waals surface area contributed by atoms with Crippen LogP contribution in [0.1, 0.15) is 24.0 Å². The molecule has 116 valence electrons. The van der Waals surface area contributed by atoms with Gasteiger partial charge in [0.15, 0.2) is 0 Å². The van der Waals surface area contributed by atoms with Crippen molar-refractivity contribution in [1.82, 2.24) is 4.90 Å². The predicted molar refractivity (Wildman–Crippen MR) is 88.1 cm³/mol. The average Bonchev–Trinajstić information content (AvgIpc) is 2.52. The minimum atomic E-state index is 0.756. The zero-order chi connectivity index (χ0) is 14.7. The van der Waals surface area contributed by atoms with Crippen molar-refractivity contribution in [2.24, 2.45) is 5.92 Å². The Balaban J connectivity index is 1.53. The lowest BCUT2D eigenvalue weighted by molar-refractivity contribution is 0.0377. The van der Waals surface area contributed by atoms with Gasteiger partial charge < -0.3 is 9.64 Å². The number of ether oxygens (including phenoxy) is 1. The molecule has 1 aromatic rings. The number of rotatable bonds is 3. The zero-order valence-electron chi connectivity index (χ0n) is 13.5. The maximum Gasteiger partial charge on any atom is 0.0506 e. The highest BCUT2D eigenvalue weighted by Crippen LogP contribution is 2.24. The molecule has 3 heteroatoms. The van der Waals surface area contributed by atoms with Gasteiger partial charge in [0.1, 0.15) is 0 Å². The molecule has 0 saturated carbocycles. The molecular formula is C18H28N2O. The molecule has 0 amide bonds. The van der Waals surface area contributed by atoms with Crippen LogP contribution in [0.15, 0.2) is 18.2 Å². The highest BCUT2D eigenvalue weighted by molar-refractivity contribution is 5.56. The van der Waals surface area contributed by atoms with Crippen LogP contribution in [0.3, 0.4) is 0 Å². The van der Waals surface area contributed by atoms with Gasteiger partial charge in [0.2, 0.25) is 0 Å². The van der Waals surface area contributed by atoms with Crippen LogP contribution in [0.4, 0.5) is 5.69 Å². The van der Waals surface area contributed by atoms with E-state index in [4.69, 9.17) is 4.74 Å². The Morgan fingerprint density at radius 2 is 1.95 bits per heavy atom. The predicted octanol–water partition coefficient (Wildman–Crippen LogP) is 2.85. The number of piperazine rings is 1. The van der Waals surface area contributed by atoms with Crippen molar-refractivity contribution in [2.75, 3.05) is 50.8 Å². The van der Waals surface area contributed by atoms with Crippen molar-refractivity contribution < 1.29 is 4.74 Å². The molecule has 0 spiro atoms. The van der Waals surface area contributed by atoms with E-state index in [-0.39, 0.29) is 0 Å². The van der Waals surface area contributed by atoms with E-state index in [1.807, 2.05) is 0 Å². The molecule has 0 aromatic heterocycles. The molecule has 0 bridgehead atoms. The lowest BCUT2D eigenvalue weighted by Gasteiger charge is -2.39. The third kappa shape index (κ3) is 3.58. The minimum Gasteiger partial charge on any atom is -0.381 e. The standard InChI is InChI=1S/C18H28N2O/c1-15-5-3-7-18(16(15)2)20-10-8-19(9-11-20)13-17-6-4-12-21-14-17/h3,5,7,17H,4,6,8-14H2,1-2H3. The molecule has 0 radical (unpaired) electrons. The second-order valence-corrected chi connectivity index (χ2v) is 6.59. The van der Waals surface area contributed by atoms with Crippen molar-refractivity contribution >= 4 is 5.69 Å². The number of hydrogen-bond acceptors (Lipinski definition) is 3. The number of hydrogen-bond donors (Lipinski definition) is 0. The Bertz CT molecular complexity index is 460. The number of aryl methyl sites for hydroxylation is 1. The molecule has 1 atom stereocenters. The molecule has 2 aliphatic rings. The van der Waals surface area contributed by atoms with E-state index in [0.717, 1.165) is 32.2 Å². The smallest absolute Gasteiger partial charge is 0.0506 e. The lowest BCUT2D eigenvalue weighted by Crippen LogP contribution is -2.48.